The lowest BCUT2D eigenvalue weighted by Gasteiger charge is -2.12. The molecule has 2 heterocycles. The van der Waals surface area contributed by atoms with Gasteiger partial charge in [-0.05, 0) is 30.0 Å². The van der Waals surface area contributed by atoms with Crippen molar-refractivity contribution < 1.29 is 4.74 Å². The van der Waals surface area contributed by atoms with Crippen molar-refractivity contribution in [3.63, 3.8) is 0 Å². The van der Waals surface area contributed by atoms with Crippen molar-refractivity contribution in [2.45, 2.75) is 18.9 Å². The fourth-order valence-corrected chi connectivity index (χ4v) is 2.08. The highest BCUT2D eigenvalue weighted by Gasteiger charge is 2.08. The fourth-order valence-electron chi connectivity index (χ4n) is 1.88. The minimum absolute atomic E-state index is 0.00454. The van der Waals surface area contributed by atoms with Crippen LogP contribution < -0.4 is 10.5 Å². The van der Waals surface area contributed by atoms with Crippen LogP contribution in [0.3, 0.4) is 0 Å². The normalized spacial score (nSPS) is 12.2. The van der Waals surface area contributed by atoms with Gasteiger partial charge in [-0.2, -0.15) is 0 Å². The molecular weight excluding hydrogens is 262 g/mol. The van der Waals surface area contributed by atoms with E-state index in [1.807, 2.05) is 18.2 Å². The molecule has 2 aromatic heterocycles. The zero-order valence-electron chi connectivity index (χ0n) is 10.7. The monoisotopic (exact) mass is 277 g/mol. The molecular formula is C14H16ClN3O. The van der Waals surface area contributed by atoms with E-state index >= 15 is 0 Å². The Kier molecular flexibility index (Phi) is 4.71. The van der Waals surface area contributed by atoms with E-state index in [0.29, 0.717) is 17.3 Å². The van der Waals surface area contributed by atoms with Gasteiger partial charge in [-0.15, -0.1) is 0 Å². The molecule has 2 rings (SSSR count). The molecule has 100 valence electrons. The number of hydrogen-bond donors (Lipinski definition) is 1. The molecule has 19 heavy (non-hydrogen) atoms. The number of ether oxygens (including phenoxy) is 1. The van der Waals surface area contributed by atoms with Crippen LogP contribution in [0.4, 0.5) is 0 Å². The van der Waals surface area contributed by atoms with E-state index < -0.39 is 0 Å². The fraction of sp³-hybridized carbons (Fsp3) is 0.286. The molecule has 0 aliphatic carbocycles. The first kappa shape index (κ1) is 13.8. The SMILES string of the molecule is COc1ccc(CC(N)Cc2ccncc2Cl)cn1. The number of methoxy groups -OCH3 is 1. The molecule has 0 bridgehead atoms. The third-order valence-corrected chi connectivity index (χ3v) is 3.18. The van der Waals surface area contributed by atoms with Crippen LogP contribution in [0.25, 0.3) is 0 Å². The minimum Gasteiger partial charge on any atom is -0.481 e. The molecule has 0 radical (unpaired) electrons. The molecule has 0 spiro atoms. The second kappa shape index (κ2) is 6.50. The van der Waals surface area contributed by atoms with Crippen molar-refractivity contribution in [3.8, 4) is 5.88 Å². The Bertz CT molecular complexity index is 530. The van der Waals surface area contributed by atoms with Crippen molar-refractivity contribution in [3.05, 3.63) is 52.9 Å². The summed E-state index contributed by atoms with van der Waals surface area (Å²) in [6.07, 6.45) is 6.61. The molecule has 0 fully saturated rings. The Hall–Kier alpha value is -1.65. The van der Waals surface area contributed by atoms with Gasteiger partial charge in [0.1, 0.15) is 0 Å². The van der Waals surface area contributed by atoms with Gasteiger partial charge in [0.15, 0.2) is 0 Å². The zero-order valence-corrected chi connectivity index (χ0v) is 11.5. The van der Waals surface area contributed by atoms with E-state index in [4.69, 9.17) is 22.1 Å². The maximum Gasteiger partial charge on any atom is 0.212 e. The number of hydrogen-bond acceptors (Lipinski definition) is 4. The highest BCUT2D eigenvalue weighted by Crippen LogP contribution is 2.16. The summed E-state index contributed by atoms with van der Waals surface area (Å²) < 4.78 is 5.02. The quantitative estimate of drug-likeness (QED) is 0.911. The lowest BCUT2D eigenvalue weighted by atomic mass is 10.0. The summed E-state index contributed by atoms with van der Waals surface area (Å²) in [6, 6.07) is 5.70. The molecule has 0 saturated carbocycles. The summed E-state index contributed by atoms with van der Waals surface area (Å²) in [4.78, 5) is 8.12. The molecule has 0 amide bonds. The van der Waals surface area contributed by atoms with Crippen LogP contribution in [-0.2, 0) is 12.8 Å². The van der Waals surface area contributed by atoms with Gasteiger partial charge in [0.25, 0.3) is 0 Å². The predicted molar refractivity (Wildman–Crippen MR) is 75.4 cm³/mol. The topological polar surface area (TPSA) is 61.0 Å². The Balaban J connectivity index is 1.97. The minimum atomic E-state index is -0.00454. The van der Waals surface area contributed by atoms with Crippen molar-refractivity contribution in [1.29, 1.82) is 0 Å². The average molecular weight is 278 g/mol. The van der Waals surface area contributed by atoms with Gasteiger partial charge in [-0.25, -0.2) is 4.98 Å². The van der Waals surface area contributed by atoms with Crippen LogP contribution in [0.1, 0.15) is 11.1 Å². The summed E-state index contributed by atoms with van der Waals surface area (Å²) in [5.74, 6) is 0.606. The molecule has 0 aliphatic heterocycles. The zero-order chi connectivity index (χ0) is 13.7. The Morgan fingerprint density at radius 3 is 2.74 bits per heavy atom. The molecule has 4 nitrogen and oxygen atoms in total. The van der Waals surface area contributed by atoms with Gasteiger partial charge < -0.3 is 10.5 Å². The third kappa shape index (κ3) is 3.91. The van der Waals surface area contributed by atoms with Gasteiger partial charge in [0.05, 0.1) is 12.1 Å². The lowest BCUT2D eigenvalue weighted by molar-refractivity contribution is 0.397. The van der Waals surface area contributed by atoms with Crippen LogP contribution in [0.5, 0.6) is 5.88 Å². The molecule has 1 unspecified atom stereocenters. The van der Waals surface area contributed by atoms with E-state index in [2.05, 4.69) is 9.97 Å². The highest BCUT2D eigenvalue weighted by atomic mass is 35.5. The summed E-state index contributed by atoms with van der Waals surface area (Å²) in [5.41, 5.74) is 8.24. The number of nitrogens with zero attached hydrogens (tertiary/aromatic N) is 2. The van der Waals surface area contributed by atoms with Gasteiger partial charge in [-0.1, -0.05) is 17.7 Å². The van der Waals surface area contributed by atoms with Gasteiger partial charge in [0.2, 0.25) is 5.88 Å². The van der Waals surface area contributed by atoms with Crippen LogP contribution in [0.2, 0.25) is 5.02 Å². The molecule has 0 aliphatic rings. The molecule has 0 saturated heterocycles. The van der Waals surface area contributed by atoms with E-state index in [1.54, 1.807) is 25.7 Å². The standard InChI is InChI=1S/C14H16ClN3O/c1-19-14-3-2-10(8-18-14)6-12(16)7-11-4-5-17-9-13(11)15/h2-5,8-9,12H,6-7,16H2,1H3. The average Bonchev–Trinajstić information content (AvgIpc) is 2.42. The smallest absolute Gasteiger partial charge is 0.212 e. The maximum absolute atomic E-state index is 6.14. The number of nitrogens with two attached hydrogens (primary N) is 1. The summed E-state index contributed by atoms with van der Waals surface area (Å²) in [6.45, 7) is 0. The Labute approximate surface area is 117 Å². The highest BCUT2D eigenvalue weighted by molar-refractivity contribution is 6.31. The lowest BCUT2D eigenvalue weighted by Crippen LogP contribution is -2.25. The molecule has 1 atom stereocenters. The van der Waals surface area contributed by atoms with E-state index in [-0.39, 0.29) is 6.04 Å². The molecule has 2 aromatic rings. The number of halogens is 1. The second-order valence-corrected chi connectivity index (χ2v) is 4.75. The van der Waals surface area contributed by atoms with Gasteiger partial charge >= 0.3 is 0 Å². The predicted octanol–water partition coefficient (Wildman–Crippen LogP) is 2.25. The molecule has 0 aromatic carbocycles. The Morgan fingerprint density at radius 2 is 2.11 bits per heavy atom. The molecule has 2 N–H and O–H groups in total. The number of rotatable bonds is 5. The van der Waals surface area contributed by atoms with E-state index in [0.717, 1.165) is 17.5 Å². The maximum atomic E-state index is 6.14. The van der Waals surface area contributed by atoms with Crippen molar-refractivity contribution in [2.24, 2.45) is 5.73 Å². The van der Waals surface area contributed by atoms with Crippen LogP contribution in [0, 0.1) is 0 Å². The van der Waals surface area contributed by atoms with Crippen molar-refractivity contribution in [1.82, 2.24) is 9.97 Å². The first-order chi connectivity index (χ1) is 9.19. The van der Waals surface area contributed by atoms with Crippen LogP contribution >= 0.6 is 11.6 Å². The number of aromatic nitrogens is 2. The molecule has 5 heteroatoms. The Morgan fingerprint density at radius 1 is 1.26 bits per heavy atom. The van der Waals surface area contributed by atoms with Crippen LogP contribution in [0.15, 0.2) is 36.8 Å². The summed E-state index contributed by atoms with van der Waals surface area (Å²) in [5, 5.41) is 0.658. The number of pyridine rings is 2. The summed E-state index contributed by atoms with van der Waals surface area (Å²) >= 11 is 6.06. The van der Waals surface area contributed by atoms with Crippen molar-refractivity contribution >= 4 is 11.6 Å². The van der Waals surface area contributed by atoms with E-state index in [1.165, 1.54) is 0 Å². The third-order valence-electron chi connectivity index (χ3n) is 2.84. The van der Waals surface area contributed by atoms with Gasteiger partial charge in [-0.3, -0.25) is 4.98 Å². The van der Waals surface area contributed by atoms with Crippen LogP contribution in [-0.4, -0.2) is 23.1 Å². The first-order valence-electron chi connectivity index (χ1n) is 6.02. The largest absolute Gasteiger partial charge is 0.481 e. The van der Waals surface area contributed by atoms with E-state index in [9.17, 15) is 0 Å². The second-order valence-electron chi connectivity index (χ2n) is 4.34. The van der Waals surface area contributed by atoms with Crippen molar-refractivity contribution in [2.75, 3.05) is 7.11 Å². The summed E-state index contributed by atoms with van der Waals surface area (Å²) in [7, 11) is 1.60. The van der Waals surface area contributed by atoms with Gasteiger partial charge in [0, 0.05) is 30.7 Å². The first-order valence-corrected chi connectivity index (χ1v) is 6.39.